The van der Waals surface area contributed by atoms with Crippen LogP contribution in [0.25, 0.3) is 5.57 Å². The van der Waals surface area contributed by atoms with Gasteiger partial charge in [-0.25, -0.2) is 4.79 Å². The van der Waals surface area contributed by atoms with Gasteiger partial charge in [-0.3, -0.25) is 4.79 Å². The van der Waals surface area contributed by atoms with E-state index in [1.165, 1.54) is 0 Å². The number of hydrogen-bond donors (Lipinski definition) is 3. The third-order valence-corrected chi connectivity index (χ3v) is 8.07. The summed E-state index contributed by atoms with van der Waals surface area (Å²) in [5.41, 5.74) is 1.75. The number of amides is 1. The van der Waals surface area contributed by atoms with Crippen molar-refractivity contribution in [3.63, 3.8) is 0 Å². The normalized spacial score (nSPS) is 19.8. The van der Waals surface area contributed by atoms with Crippen molar-refractivity contribution in [3.8, 4) is 5.75 Å². The summed E-state index contributed by atoms with van der Waals surface area (Å²) in [6, 6.07) is 7.19. The number of allylic oxidation sites excluding steroid dienone is 1. The maximum atomic E-state index is 14.0. The minimum absolute atomic E-state index is 0.0141. The van der Waals surface area contributed by atoms with Gasteiger partial charge in [0.1, 0.15) is 18.1 Å². The number of rotatable bonds is 19. The van der Waals surface area contributed by atoms with Crippen LogP contribution in [0.1, 0.15) is 64.9 Å². The zero-order valence-corrected chi connectivity index (χ0v) is 26.3. The van der Waals surface area contributed by atoms with Gasteiger partial charge in [0.2, 0.25) is 0 Å². The monoisotopic (exact) mass is 611 g/mol. The Morgan fingerprint density at radius 3 is 2.34 bits per heavy atom. The first-order valence-electron chi connectivity index (χ1n) is 15.8. The molecule has 3 rings (SSSR count). The number of ether oxygens (including phenoxy) is 3. The molecule has 0 fully saturated rings. The molecule has 1 aromatic carbocycles. The van der Waals surface area contributed by atoms with Gasteiger partial charge < -0.3 is 34.4 Å². The third-order valence-electron chi connectivity index (χ3n) is 8.07. The molecule has 1 heterocycles. The molecule has 5 atom stereocenters. The second-order valence-corrected chi connectivity index (χ2v) is 11.5. The lowest BCUT2D eigenvalue weighted by atomic mass is 9.84. The van der Waals surface area contributed by atoms with Gasteiger partial charge in [-0.05, 0) is 49.1 Å². The summed E-state index contributed by atoms with van der Waals surface area (Å²) in [5.74, 6) is 1.05. The van der Waals surface area contributed by atoms with Crippen LogP contribution in [0.3, 0.4) is 0 Å². The quantitative estimate of drug-likeness (QED) is 0.153. The van der Waals surface area contributed by atoms with Crippen LogP contribution in [0.15, 0.2) is 66.5 Å². The highest BCUT2D eigenvalue weighted by atomic mass is 16.5. The van der Waals surface area contributed by atoms with Gasteiger partial charge in [-0.15, -0.1) is 0 Å². The first kappa shape index (κ1) is 35.1. The van der Waals surface area contributed by atoms with Gasteiger partial charge in [0.25, 0.3) is 5.91 Å². The summed E-state index contributed by atoms with van der Waals surface area (Å²) in [7, 11) is 0. The molecule has 9 heteroatoms. The second kappa shape index (κ2) is 17.8. The van der Waals surface area contributed by atoms with E-state index >= 15 is 0 Å². The van der Waals surface area contributed by atoms with Crippen LogP contribution in [-0.2, 0) is 19.1 Å². The molecule has 9 nitrogen and oxygen atoms in total. The minimum Gasteiger partial charge on any atom is -0.494 e. The molecule has 0 saturated carbocycles. The van der Waals surface area contributed by atoms with Crippen LogP contribution >= 0.6 is 0 Å². The van der Waals surface area contributed by atoms with Gasteiger partial charge in [-0.2, -0.15) is 0 Å². The van der Waals surface area contributed by atoms with Crippen molar-refractivity contribution in [3.05, 3.63) is 72.0 Å². The summed E-state index contributed by atoms with van der Waals surface area (Å²) >= 11 is 0. The highest BCUT2D eigenvalue weighted by Gasteiger charge is 2.37. The smallest absolute Gasteiger partial charge is 0.333 e. The molecule has 0 aromatic heterocycles. The first-order valence-corrected chi connectivity index (χ1v) is 15.8. The predicted octanol–water partition coefficient (Wildman–Crippen LogP) is 4.58. The Bertz CT molecular complexity index is 1190. The van der Waals surface area contributed by atoms with E-state index in [0.29, 0.717) is 29.5 Å². The van der Waals surface area contributed by atoms with E-state index in [4.69, 9.17) is 19.3 Å². The number of hydrogen-bond acceptors (Lipinski definition) is 8. The van der Waals surface area contributed by atoms with Gasteiger partial charge in [0, 0.05) is 36.5 Å². The molecule has 5 unspecified atom stereocenters. The maximum Gasteiger partial charge on any atom is 0.333 e. The predicted molar refractivity (Wildman–Crippen MR) is 169 cm³/mol. The van der Waals surface area contributed by atoms with Gasteiger partial charge in [0.15, 0.2) is 0 Å². The van der Waals surface area contributed by atoms with Crippen molar-refractivity contribution >= 4 is 17.4 Å². The summed E-state index contributed by atoms with van der Waals surface area (Å²) in [6.07, 6.45) is 10.4. The van der Waals surface area contributed by atoms with Crippen LogP contribution in [-0.4, -0.2) is 83.3 Å². The van der Waals surface area contributed by atoms with Crippen molar-refractivity contribution in [2.45, 2.75) is 77.5 Å². The number of aliphatic hydroxyl groups is 3. The average molecular weight is 612 g/mol. The number of carbonyl (C=O) groups is 2. The Labute approximate surface area is 261 Å². The lowest BCUT2D eigenvalue weighted by molar-refractivity contribution is -0.140. The van der Waals surface area contributed by atoms with Crippen LogP contribution in [0, 0.1) is 11.8 Å². The van der Waals surface area contributed by atoms with Crippen molar-refractivity contribution in [2.75, 3.05) is 33.0 Å². The van der Waals surface area contributed by atoms with Crippen LogP contribution in [0.5, 0.6) is 5.75 Å². The van der Waals surface area contributed by atoms with Crippen molar-refractivity contribution in [2.24, 2.45) is 11.8 Å². The van der Waals surface area contributed by atoms with E-state index < -0.39 is 18.2 Å². The minimum atomic E-state index is -1.06. The fourth-order valence-electron chi connectivity index (χ4n) is 5.35. The molecule has 1 amide bonds. The van der Waals surface area contributed by atoms with Gasteiger partial charge in [-0.1, -0.05) is 64.0 Å². The topological polar surface area (TPSA) is 126 Å². The number of fused-ring (bicyclic) bond motifs is 1. The Morgan fingerprint density at radius 2 is 1.70 bits per heavy atom. The number of unbranched alkanes of at least 4 members (excludes halogenated alkanes) is 1. The molecule has 0 bridgehead atoms. The molecule has 44 heavy (non-hydrogen) atoms. The largest absolute Gasteiger partial charge is 0.494 e. The van der Waals surface area contributed by atoms with Crippen molar-refractivity contribution in [1.29, 1.82) is 0 Å². The summed E-state index contributed by atoms with van der Waals surface area (Å²) in [5, 5.41) is 29.7. The molecule has 0 saturated heterocycles. The number of esters is 1. The van der Waals surface area contributed by atoms with E-state index in [-0.39, 0.29) is 62.7 Å². The number of carbonyl (C=O) groups excluding carboxylic acids is 2. The highest BCUT2D eigenvalue weighted by molar-refractivity contribution is 6.20. The number of aliphatic hydroxyl groups excluding tert-OH is 3. The molecule has 1 aliphatic heterocycles. The summed E-state index contributed by atoms with van der Waals surface area (Å²) < 4.78 is 16.5. The van der Waals surface area contributed by atoms with Crippen molar-refractivity contribution < 1.29 is 39.1 Å². The number of nitrogens with zero attached hydrogens (tertiary/aromatic N) is 1. The molecule has 242 valence electrons. The molecule has 2 aliphatic rings. The summed E-state index contributed by atoms with van der Waals surface area (Å²) in [6.45, 7) is 10.4. The summed E-state index contributed by atoms with van der Waals surface area (Å²) in [4.78, 5) is 27.5. The highest BCUT2D eigenvalue weighted by Crippen LogP contribution is 2.35. The van der Waals surface area contributed by atoms with E-state index in [1.807, 2.05) is 53.5 Å². The Morgan fingerprint density at radius 1 is 1.00 bits per heavy atom. The van der Waals surface area contributed by atoms with Crippen molar-refractivity contribution in [1.82, 2.24) is 4.90 Å². The zero-order chi connectivity index (χ0) is 32.1. The zero-order valence-electron chi connectivity index (χ0n) is 26.3. The molecule has 1 aromatic rings. The molecule has 3 N–H and O–H groups in total. The lowest BCUT2D eigenvalue weighted by Crippen LogP contribution is -2.49. The third kappa shape index (κ3) is 10.1. The maximum absolute atomic E-state index is 14.0. The molecule has 1 aliphatic carbocycles. The standard InChI is InChI=1S/C35H49NO8/c1-5-7-8-25(6-2)23-36-31-22-29(42-18-15-32(38)33(39)16-19-44-35(41)24(3)4)14-11-27(31)21-30(34(36)40)26-9-12-28(13-10-26)43-20-17-37/h9-14,21-22,25,27,31-33,37-39H,3,5-8,15-20,23H2,1-2,4H3. The van der Waals surface area contributed by atoms with Crippen LogP contribution in [0.2, 0.25) is 0 Å². The van der Waals surface area contributed by atoms with Crippen LogP contribution in [0.4, 0.5) is 0 Å². The molecule has 0 radical (unpaired) electrons. The fourth-order valence-corrected chi connectivity index (χ4v) is 5.35. The van der Waals surface area contributed by atoms with Gasteiger partial charge in [0.05, 0.1) is 38.1 Å². The molecule has 0 spiro atoms. The van der Waals surface area contributed by atoms with Crippen LogP contribution < -0.4 is 4.74 Å². The lowest BCUT2D eigenvalue weighted by Gasteiger charge is -2.41. The molecular formula is C35H49NO8. The van der Waals surface area contributed by atoms with E-state index in [2.05, 4.69) is 20.4 Å². The Hall–Kier alpha value is -3.40. The Kier molecular flexibility index (Phi) is 14.2. The van der Waals surface area contributed by atoms with Gasteiger partial charge >= 0.3 is 5.97 Å². The fraction of sp³-hybridized carbons (Fsp3) is 0.543. The first-order chi connectivity index (χ1) is 21.2. The van der Waals surface area contributed by atoms with E-state index in [1.54, 1.807) is 6.92 Å². The van der Waals surface area contributed by atoms with E-state index in [9.17, 15) is 19.8 Å². The van der Waals surface area contributed by atoms with E-state index in [0.717, 1.165) is 31.2 Å². The molecular weight excluding hydrogens is 562 g/mol. The second-order valence-electron chi connectivity index (χ2n) is 11.5. The Balaban J connectivity index is 1.70. The average Bonchev–Trinajstić information content (AvgIpc) is 3.02. The SMILES string of the molecule is C=C(C)C(=O)OCCC(O)C(O)CCOC1=CC2C(C=C1)C=C(c1ccc(OCCO)cc1)C(=O)N2CC(CC)CCCC. The number of benzene rings is 1.